The molecule has 0 aliphatic rings. The van der Waals surface area contributed by atoms with Crippen LogP contribution in [0.4, 0.5) is 0 Å². The summed E-state index contributed by atoms with van der Waals surface area (Å²) < 4.78 is 22.9. The van der Waals surface area contributed by atoms with Gasteiger partial charge in [-0.05, 0) is 89.9 Å². The van der Waals surface area contributed by atoms with E-state index in [-0.39, 0.29) is 32.2 Å². The molecule has 0 saturated carbocycles. The summed E-state index contributed by atoms with van der Waals surface area (Å²) in [5.74, 6) is -2.25. The summed E-state index contributed by atoms with van der Waals surface area (Å²) in [6, 6.07) is 0. The fourth-order valence-corrected chi connectivity index (χ4v) is 12.8. The van der Waals surface area contributed by atoms with E-state index >= 15 is 0 Å². The first kappa shape index (κ1) is 97.2. The number of hydrogen-bond donors (Lipinski definition) is 0. The summed E-state index contributed by atoms with van der Waals surface area (Å²) >= 11 is 0. The second-order valence-electron chi connectivity index (χ2n) is 30.4. The van der Waals surface area contributed by atoms with E-state index in [1.54, 1.807) is 0 Å². The third kappa shape index (κ3) is 83.4. The van der Waals surface area contributed by atoms with Gasteiger partial charge < -0.3 is 33.3 Å². The van der Waals surface area contributed by atoms with E-state index in [2.05, 4.69) is 111 Å². The summed E-state index contributed by atoms with van der Waals surface area (Å²) in [5, 5.41) is 11.9. The number of carbonyl (C=O) groups is 3. The number of hydrogen-bond acceptors (Lipinski definition) is 8. The van der Waals surface area contributed by atoms with Crippen molar-refractivity contribution in [1.82, 2.24) is 0 Å². The molecule has 0 aromatic rings. The Balaban J connectivity index is 3.92. The molecule has 586 valence electrons. The van der Waals surface area contributed by atoms with Crippen molar-refractivity contribution in [1.29, 1.82) is 0 Å². The predicted molar refractivity (Wildman–Crippen MR) is 435 cm³/mol. The number of aliphatic carboxylic acids is 1. The maximum atomic E-state index is 13.0. The number of nitrogens with zero attached hydrogens (tertiary/aromatic N) is 1. The molecular weight excluding hydrogens is 1250 g/mol. The zero-order valence-corrected chi connectivity index (χ0v) is 67.3. The molecular formula is C92H165NO8. The second-order valence-corrected chi connectivity index (χ2v) is 30.4. The number of carboxylic acid groups (broad SMARTS) is 1. The number of esters is 2. The third-order valence-corrected chi connectivity index (χ3v) is 19.3. The van der Waals surface area contributed by atoms with Gasteiger partial charge in [-0.15, -0.1) is 0 Å². The van der Waals surface area contributed by atoms with Gasteiger partial charge in [-0.1, -0.05) is 406 Å². The van der Waals surface area contributed by atoms with E-state index in [0.717, 1.165) is 89.9 Å². The molecule has 0 aliphatic heterocycles. The molecule has 9 nitrogen and oxygen atoms in total. The van der Waals surface area contributed by atoms with Crippen LogP contribution in [-0.2, 0) is 33.3 Å². The molecule has 0 aromatic carbocycles. The lowest BCUT2D eigenvalue weighted by Gasteiger charge is -2.26. The summed E-state index contributed by atoms with van der Waals surface area (Å²) in [4.78, 5) is 37.7. The molecule has 0 amide bonds. The molecule has 2 atom stereocenters. The highest BCUT2D eigenvalue weighted by atomic mass is 16.7. The number of rotatable bonds is 81. The van der Waals surface area contributed by atoms with Gasteiger partial charge in [0.15, 0.2) is 12.4 Å². The zero-order valence-electron chi connectivity index (χ0n) is 67.3. The molecule has 0 radical (unpaired) electrons. The van der Waals surface area contributed by atoms with E-state index < -0.39 is 24.3 Å². The molecule has 0 aromatic heterocycles. The van der Waals surface area contributed by atoms with Gasteiger partial charge in [0.05, 0.1) is 40.3 Å². The number of carboxylic acids is 1. The lowest BCUT2D eigenvalue weighted by Crippen LogP contribution is -2.44. The second kappa shape index (κ2) is 81.9. The van der Waals surface area contributed by atoms with Crippen molar-refractivity contribution >= 4 is 17.9 Å². The minimum absolute atomic E-state index is 0.149. The van der Waals surface area contributed by atoms with Gasteiger partial charge in [-0.2, -0.15) is 0 Å². The molecule has 0 spiro atoms. The van der Waals surface area contributed by atoms with E-state index in [4.69, 9.17) is 18.9 Å². The lowest BCUT2D eigenvalue weighted by molar-refractivity contribution is -0.870. The van der Waals surface area contributed by atoms with Crippen LogP contribution in [0, 0.1) is 0 Å². The first-order valence-electron chi connectivity index (χ1n) is 43.4. The van der Waals surface area contributed by atoms with Crippen LogP contribution in [0.25, 0.3) is 0 Å². The van der Waals surface area contributed by atoms with Crippen LogP contribution < -0.4 is 5.11 Å². The van der Waals surface area contributed by atoms with Crippen molar-refractivity contribution in [3.05, 3.63) is 97.2 Å². The number of unbranched alkanes of at least 4 members (excludes halogenated alkanes) is 50. The maximum absolute atomic E-state index is 13.0. The average Bonchev–Trinajstić information content (AvgIpc) is 1.21. The van der Waals surface area contributed by atoms with E-state index in [9.17, 15) is 19.5 Å². The predicted octanol–water partition coefficient (Wildman–Crippen LogP) is 26.9. The van der Waals surface area contributed by atoms with Crippen LogP contribution >= 0.6 is 0 Å². The van der Waals surface area contributed by atoms with Crippen LogP contribution in [-0.4, -0.2) is 82.3 Å². The van der Waals surface area contributed by atoms with E-state index in [0.29, 0.717) is 17.4 Å². The molecule has 0 heterocycles. The Bertz CT molecular complexity index is 1990. The first-order valence-corrected chi connectivity index (χ1v) is 43.4. The van der Waals surface area contributed by atoms with Crippen molar-refractivity contribution in [2.45, 2.75) is 424 Å². The Labute approximate surface area is 626 Å². The summed E-state index contributed by atoms with van der Waals surface area (Å²) in [6.45, 7) is 4.59. The van der Waals surface area contributed by atoms with Crippen LogP contribution in [0.3, 0.4) is 0 Å². The Morgan fingerprint density at radius 2 is 0.535 bits per heavy atom. The Hall–Kier alpha value is -3.79. The Morgan fingerprint density at radius 3 is 0.792 bits per heavy atom. The lowest BCUT2D eigenvalue weighted by atomic mass is 10.0. The van der Waals surface area contributed by atoms with Gasteiger partial charge in [-0.3, -0.25) is 9.59 Å². The SMILES string of the molecule is CC/C=C\C/C=C\C/C=C\C/C=C\CCCCCCCCCCCCCCCCCCCCCCCCCCCCC(=O)OC(COC(=O)CCCCCCCCCCCCCCCCCCCCCCCCCC/C=C\C/C=C\C/C=C\C/C=C\CC)COC(OCC[N+](C)(C)C)C(=O)[O-]. The maximum Gasteiger partial charge on any atom is 0.306 e. The van der Waals surface area contributed by atoms with Gasteiger partial charge in [0.2, 0.25) is 0 Å². The molecule has 0 rings (SSSR count). The van der Waals surface area contributed by atoms with E-state index in [1.165, 1.54) is 295 Å². The van der Waals surface area contributed by atoms with Crippen molar-refractivity contribution in [2.75, 3.05) is 47.5 Å². The molecule has 101 heavy (non-hydrogen) atoms. The molecule has 9 heteroatoms. The summed E-state index contributed by atoms with van der Waals surface area (Å²) in [5.41, 5.74) is 0. The third-order valence-electron chi connectivity index (χ3n) is 19.3. The van der Waals surface area contributed by atoms with Crippen LogP contribution in [0.2, 0.25) is 0 Å². The Morgan fingerprint density at radius 1 is 0.297 bits per heavy atom. The highest BCUT2D eigenvalue weighted by Gasteiger charge is 2.22. The number of quaternary nitrogens is 1. The first-order chi connectivity index (χ1) is 49.6. The summed E-state index contributed by atoms with van der Waals surface area (Å²) in [7, 11) is 5.95. The fraction of sp³-hybridized carbons (Fsp3) is 0.793. The summed E-state index contributed by atoms with van der Waals surface area (Å²) in [6.07, 6.45) is 111. The molecule has 0 fully saturated rings. The smallest absolute Gasteiger partial charge is 0.306 e. The van der Waals surface area contributed by atoms with Gasteiger partial charge in [0.1, 0.15) is 13.2 Å². The van der Waals surface area contributed by atoms with Gasteiger partial charge >= 0.3 is 11.9 Å². The quantitative estimate of drug-likeness (QED) is 0.0195. The Kier molecular flexibility index (Phi) is 78.8. The van der Waals surface area contributed by atoms with Gasteiger partial charge in [0, 0.05) is 12.8 Å². The number of likely N-dealkylation sites (N-methyl/N-ethyl adjacent to an activating group) is 1. The number of ether oxygens (including phenoxy) is 4. The van der Waals surface area contributed by atoms with Crippen molar-refractivity contribution < 1.29 is 42.9 Å². The number of carbonyl (C=O) groups excluding carboxylic acids is 3. The molecule has 0 saturated heterocycles. The van der Waals surface area contributed by atoms with Crippen LogP contribution in [0.5, 0.6) is 0 Å². The largest absolute Gasteiger partial charge is 0.545 e. The van der Waals surface area contributed by atoms with Crippen molar-refractivity contribution in [3.63, 3.8) is 0 Å². The fourth-order valence-electron chi connectivity index (χ4n) is 12.8. The van der Waals surface area contributed by atoms with Crippen molar-refractivity contribution in [3.8, 4) is 0 Å². The van der Waals surface area contributed by atoms with Gasteiger partial charge in [-0.25, -0.2) is 0 Å². The zero-order chi connectivity index (χ0) is 73.2. The van der Waals surface area contributed by atoms with Crippen LogP contribution in [0.15, 0.2) is 97.2 Å². The molecule has 0 N–H and O–H groups in total. The monoisotopic (exact) mass is 1410 g/mol. The standard InChI is InChI=1S/C92H165NO8/c1-6-8-10-12-14-16-18-20-22-24-26-28-30-32-34-36-38-40-42-44-45-47-49-51-53-55-57-59-61-63-65-67-69-71-73-75-77-79-81-83-90(95)101-88(87-100-92(91(96)97)98-85-84-93(3,4)5)86-99-89(94)82-80-78-76-74-72-70-68-66-64-62-60-58-56-54-52-50-48-46-43-41-39-37-35-33-31-29-27-25-23-21-19-17-15-13-11-9-7-2/h8-11,14-17,20-23,26-29,88,92H,6-7,12-13,18-19,24-25,30-87H2,1-5H3/b10-8-,11-9-,16-14-,17-15-,22-20-,23-21-,28-26-,29-27-. The molecule has 0 aliphatic carbocycles. The topological polar surface area (TPSA) is 111 Å². The highest BCUT2D eigenvalue weighted by molar-refractivity contribution is 5.70. The minimum atomic E-state index is -1.62. The average molecular weight is 1410 g/mol. The van der Waals surface area contributed by atoms with Gasteiger partial charge in [0.25, 0.3) is 0 Å². The number of allylic oxidation sites excluding steroid dienone is 16. The molecule has 2 unspecified atom stereocenters. The highest BCUT2D eigenvalue weighted by Crippen LogP contribution is 2.20. The van der Waals surface area contributed by atoms with E-state index in [1.807, 2.05) is 21.1 Å². The van der Waals surface area contributed by atoms with Crippen molar-refractivity contribution in [2.24, 2.45) is 0 Å². The normalized spacial score (nSPS) is 13.1. The minimum Gasteiger partial charge on any atom is -0.545 e. The molecule has 0 bridgehead atoms. The van der Waals surface area contributed by atoms with Crippen LogP contribution in [0.1, 0.15) is 412 Å².